The second kappa shape index (κ2) is 3.96. The standard InChI is InChI=1S/C10H17Cl/c1-6-10(4,5)9(3)8(2)7-11/h6,9H,1-2,7H2,3-5H3. The highest BCUT2D eigenvalue weighted by atomic mass is 35.5. The van der Waals surface area contributed by atoms with Crippen molar-refractivity contribution in [1.82, 2.24) is 0 Å². The normalized spacial score (nSPS) is 14.2. The second-order valence-electron chi connectivity index (χ2n) is 3.54. The van der Waals surface area contributed by atoms with E-state index in [4.69, 9.17) is 11.6 Å². The third-order valence-corrected chi connectivity index (χ3v) is 2.77. The van der Waals surface area contributed by atoms with Crippen LogP contribution in [0.15, 0.2) is 24.8 Å². The lowest BCUT2D eigenvalue weighted by atomic mass is 9.77. The Morgan fingerprint density at radius 3 is 2.36 bits per heavy atom. The van der Waals surface area contributed by atoms with Gasteiger partial charge in [0.2, 0.25) is 0 Å². The highest BCUT2D eigenvalue weighted by molar-refractivity contribution is 6.19. The van der Waals surface area contributed by atoms with Gasteiger partial charge in [-0.05, 0) is 11.3 Å². The van der Waals surface area contributed by atoms with Crippen molar-refractivity contribution in [3.05, 3.63) is 24.8 Å². The first-order valence-corrected chi connectivity index (χ1v) is 4.36. The molecule has 0 aliphatic carbocycles. The highest BCUT2D eigenvalue weighted by Crippen LogP contribution is 2.32. The van der Waals surface area contributed by atoms with Crippen LogP contribution in [0.4, 0.5) is 0 Å². The Bertz CT molecular complexity index is 156. The highest BCUT2D eigenvalue weighted by Gasteiger charge is 2.23. The zero-order valence-electron chi connectivity index (χ0n) is 7.65. The number of hydrogen-bond donors (Lipinski definition) is 0. The van der Waals surface area contributed by atoms with Crippen LogP contribution in [-0.2, 0) is 0 Å². The third kappa shape index (κ3) is 2.70. The van der Waals surface area contributed by atoms with E-state index in [0.717, 1.165) is 5.57 Å². The van der Waals surface area contributed by atoms with E-state index in [0.29, 0.717) is 11.8 Å². The van der Waals surface area contributed by atoms with Gasteiger partial charge in [-0.2, -0.15) is 0 Å². The van der Waals surface area contributed by atoms with Crippen LogP contribution in [0.25, 0.3) is 0 Å². The summed E-state index contributed by atoms with van der Waals surface area (Å²) in [5, 5.41) is 0. The van der Waals surface area contributed by atoms with E-state index in [9.17, 15) is 0 Å². The predicted molar refractivity (Wildman–Crippen MR) is 53.0 cm³/mol. The summed E-state index contributed by atoms with van der Waals surface area (Å²) in [5.74, 6) is 0.941. The molecule has 0 saturated carbocycles. The molecule has 0 spiro atoms. The SMILES string of the molecule is C=CC(C)(C)C(C)C(=C)CCl. The maximum Gasteiger partial charge on any atom is 0.0433 e. The van der Waals surface area contributed by atoms with Crippen molar-refractivity contribution in [2.75, 3.05) is 5.88 Å². The van der Waals surface area contributed by atoms with Gasteiger partial charge >= 0.3 is 0 Å². The number of allylic oxidation sites excluding steroid dienone is 2. The van der Waals surface area contributed by atoms with Gasteiger partial charge in [-0.15, -0.1) is 18.2 Å². The zero-order valence-corrected chi connectivity index (χ0v) is 8.41. The Kier molecular flexibility index (Phi) is 3.88. The van der Waals surface area contributed by atoms with Crippen LogP contribution in [0.3, 0.4) is 0 Å². The number of hydrogen-bond acceptors (Lipinski definition) is 0. The van der Waals surface area contributed by atoms with Crippen LogP contribution in [-0.4, -0.2) is 5.88 Å². The van der Waals surface area contributed by atoms with Crippen molar-refractivity contribution >= 4 is 11.6 Å². The van der Waals surface area contributed by atoms with E-state index in [1.165, 1.54) is 0 Å². The van der Waals surface area contributed by atoms with E-state index in [2.05, 4.69) is 33.9 Å². The van der Waals surface area contributed by atoms with E-state index in [1.54, 1.807) is 0 Å². The Hall–Kier alpha value is -0.230. The number of rotatable bonds is 4. The Labute approximate surface area is 74.9 Å². The van der Waals surface area contributed by atoms with Gasteiger partial charge < -0.3 is 0 Å². The molecule has 11 heavy (non-hydrogen) atoms. The summed E-state index contributed by atoms with van der Waals surface area (Å²) in [5.41, 5.74) is 1.18. The quantitative estimate of drug-likeness (QED) is 0.449. The fourth-order valence-electron chi connectivity index (χ4n) is 0.819. The van der Waals surface area contributed by atoms with Crippen LogP contribution >= 0.6 is 11.6 Å². The summed E-state index contributed by atoms with van der Waals surface area (Å²) in [6.07, 6.45) is 1.95. The summed E-state index contributed by atoms with van der Waals surface area (Å²) in [7, 11) is 0. The average Bonchev–Trinajstić information content (AvgIpc) is 2.01. The van der Waals surface area contributed by atoms with Crippen LogP contribution in [0.5, 0.6) is 0 Å². The fraction of sp³-hybridized carbons (Fsp3) is 0.600. The molecule has 0 heterocycles. The fourth-order valence-corrected chi connectivity index (χ4v) is 1.05. The van der Waals surface area contributed by atoms with Gasteiger partial charge in [0.1, 0.15) is 0 Å². The topological polar surface area (TPSA) is 0 Å². The van der Waals surface area contributed by atoms with Gasteiger partial charge in [0.25, 0.3) is 0 Å². The lowest BCUT2D eigenvalue weighted by Gasteiger charge is -2.29. The third-order valence-electron chi connectivity index (χ3n) is 2.43. The molecule has 0 rings (SSSR count). The summed E-state index contributed by atoms with van der Waals surface area (Å²) in [6.45, 7) is 14.1. The molecule has 0 aliphatic heterocycles. The van der Waals surface area contributed by atoms with Crippen LogP contribution < -0.4 is 0 Å². The van der Waals surface area contributed by atoms with Gasteiger partial charge in [0, 0.05) is 5.88 Å². The predicted octanol–water partition coefficient (Wildman–Crippen LogP) is 3.63. The Morgan fingerprint density at radius 2 is 2.09 bits per heavy atom. The molecule has 0 amide bonds. The molecule has 1 heteroatoms. The van der Waals surface area contributed by atoms with E-state index in [-0.39, 0.29) is 5.41 Å². The van der Waals surface area contributed by atoms with E-state index >= 15 is 0 Å². The van der Waals surface area contributed by atoms with Crippen molar-refractivity contribution in [2.45, 2.75) is 20.8 Å². The van der Waals surface area contributed by atoms with E-state index in [1.807, 2.05) is 6.08 Å². The van der Waals surface area contributed by atoms with Crippen molar-refractivity contribution in [1.29, 1.82) is 0 Å². The minimum absolute atomic E-state index is 0.103. The smallest absolute Gasteiger partial charge is 0.0433 e. The van der Waals surface area contributed by atoms with Crippen molar-refractivity contribution in [3.63, 3.8) is 0 Å². The Morgan fingerprint density at radius 1 is 1.64 bits per heavy atom. The molecular formula is C10H17Cl. The van der Waals surface area contributed by atoms with Gasteiger partial charge in [-0.25, -0.2) is 0 Å². The molecule has 64 valence electrons. The molecule has 0 aliphatic rings. The van der Waals surface area contributed by atoms with Crippen LogP contribution in [0.1, 0.15) is 20.8 Å². The molecule has 1 unspecified atom stereocenters. The number of alkyl halides is 1. The molecule has 0 aromatic carbocycles. The van der Waals surface area contributed by atoms with Crippen molar-refractivity contribution in [2.24, 2.45) is 11.3 Å². The summed E-state index contributed by atoms with van der Waals surface area (Å²) in [6, 6.07) is 0. The van der Waals surface area contributed by atoms with Crippen molar-refractivity contribution < 1.29 is 0 Å². The van der Waals surface area contributed by atoms with Gasteiger partial charge in [0.15, 0.2) is 0 Å². The minimum Gasteiger partial charge on any atom is -0.122 e. The van der Waals surface area contributed by atoms with Crippen LogP contribution in [0, 0.1) is 11.3 Å². The molecular weight excluding hydrogens is 156 g/mol. The summed E-state index contributed by atoms with van der Waals surface area (Å²) >= 11 is 5.68. The van der Waals surface area contributed by atoms with Gasteiger partial charge in [0.05, 0.1) is 0 Å². The van der Waals surface area contributed by atoms with E-state index < -0.39 is 0 Å². The van der Waals surface area contributed by atoms with Gasteiger partial charge in [-0.1, -0.05) is 39.0 Å². The molecule has 0 radical (unpaired) electrons. The van der Waals surface area contributed by atoms with Gasteiger partial charge in [-0.3, -0.25) is 0 Å². The molecule has 0 N–H and O–H groups in total. The average molecular weight is 173 g/mol. The molecule has 0 aromatic heterocycles. The first kappa shape index (κ1) is 10.8. The number of halogens is 1. The first-order valence-electron chi connectivity index (χ1n) is 3.83. The first-order chi connectivity index (χ1) is 4.95. The lowest BCUT2D eigenvalue weighted by Crippen LogP contribution is -2.20. The Balaban J connectivity index is 4.34. The molecule has 0 nitrogen and oxygen atoms in total. The molecule has 0 aromatic rings. The summed E-state index contributed by atoms with van der Waals surface area (Å²) < 4.78 is 0. The maximum atomic E-state index is 5.68. The molecule has 0 fully saturated rings. The molecule has 0 saturated heterocycles. The van der Waals surface area contributed by atoms with Crippen molar-refractivity contribution in [3.8, 4) is 0 Å². The minimum atomic E-state index is 0.103. The maximum absolute atomic E-state index is 5.68. The largest absolute Gasteiger partial charge is 0.122 e. The molecule has 1 atom stereocenters. The lowest BCUT2D eigenvalue weighted by molar-refractivity contribution is 0.354. The molecule has 0 bridgehead atoms. The zero-order chi connectivity index (χ0) is 9.07. The monoisotopic (exact) mass is 172 g/mol. The van der Waals surface area contributed by atoms with Crippen LogP contribution in [0.2, 0.25) is 0 Å². The summed E-state index contributed by atoms with van der Waals surface area (Å²) in [4.78, 5) is 0. The second-order valence-corrected chi connectivity index (χ2v) is 3.81.